The van der Waals surface area contributed by atoms with Gasteiger partial charge in [-0.15, -0.1) is 0 Å². The van der Waals surface area contributed by atoms with Crippen LogP contribution in [-0.4, -0.2) is 36.9 Å². The fraction of sp³-hybridized carbons (Fsp3) is 0.385. The first kappa shape index (κ1) is 14.2. The number of rotatable bonds is 5. The monoisotopic (exact) mass is 249 g/mol. The van der Waals surface area contributed by atoms with E-state index < -0.39 is 5.91 Å². The molecule has 3 N–H and O–H groups in total. The fourth-order valence-corrected chi connectivity index (χ4v) is 1.58. The molecule has 0 saturated carbocycles. The molecule has 1 rings (SSSR count). The number of primary amides is 1. The minimum atomic E-state index is -0.449. The molecule has 0 fully saturated rings. The molecule has 1 aromatic carbocycles. The molecule has 1 aromatic rings. The lowest BCUT2D eigenvalue weighted by molar-refractivity contribution is -0.132. The van der Waals surface area contributed by atoms with Crippen LogP contribution < -0.4 is 11.1 Å². The van der Waals surface area contributed by atoms with Crippen molar-refractivity contribution >= 4 is 11.8 Å². The minimum Gasteiger partial charge on any atom is -0.366 e. The van der Waals surface area contributed by atoms with Crippen LogP contribution in [0.25, 0.3) is 0 Å². The SMILES string of the molecule is CNC(C)C(=O)N(C)Cc1ccc(C(N)=O)cc1. The lowest BCUT2D eigenvalue weighted by atomic mass is 10.1. The predicted octanol–water partition coefficient (Wildman–Crippen LogP) is 0.352. The molecule has 2 amide bonds. The van der Waals surface area contributed by atoms with E-state index in [1.807, 2.05) is 6.92 Å². The minimum absolute atomic E-state index is 0.0245. The van der Waals surface area contributed by atoms with Crippen molar-refractivity contribution in [3.8, 4) is 0 Å². The van der Waals surface area contributed by atoms with Gasteiger partial charge in [-0.3, -0.25) is 9.59 Å². The van der Waals surface area contributed by atoms with Crippen molar-refractivity contribution in [2.45, 2.75) is 19.5 Å². The van der Waals surface area contributed by atoms with Gasteiger partial charge in [0.1, 0.15) is 0 Å². The van der Waals surface area contributed by atoms with E-state index in [1.54, 1.807) is 43.3 Å². The van der Waals surface area contributed by atoms with Crippen molar-refractivity contribution in [2.24, 2.45) is 5.73 Å². The highest BCUT2D eigenvalue weighted by Crippen LogP contribution is 2.07. The number of carbonyl (C=O) groups excluding carboxylic acids is 2. The second kappa shape index (κ2) is 6.16. The Labute approximate surface area is 107 Å². The van der Waals surface area contributed by atoms with E-state index in [0.29, 0.717) is 12.1 Å². The van der Waals surface area contributed by atoms with Gasteiger partial charge in [-0.25, -0.2) is 0 Å². The molecule has 5 heteroatoms. The van der Waals surface area contributed by atoms with E-state index in [4.69, 9.17) is 5.73 Å². The number of hydrogen-bond acceptors (Lipinski definition) is 3. The Balaban J connectivity index is 2.67. The topological polar surface area (TPSA) is 75.4 Å². The zero-order valence-corrected chi connectivity index (χ0v) is 10.9. The third-order valence-corrected chi connectivity index (χ3v) is 2.84. The summed E-state index contributed by atoms with van der Waals surface area (Å²) in [5, 5.41) is 2.90. The molecule has 0 bridgehead atoms. The Kier molecular flexibility index (Phi) is 4.85. The molecule has 1 atom stereocenters. The summed E-state index contributed by atoms with van der Waals surface area (Å²) in [6, 6.07) is 6.72. The standard InChI is InChI=1S/C13H19N3O2/c1-9(15-2)13(18)16(3)8-10-4-6-11(7-5-10)12(14)17/h4-7,9,15H,8H2,1-3H3,(H2,14,17). The van der Waals surface area contributed by atoms with Crippen molar-refractivity contribution in [1.29, 1.82) is 0 Å². The molecule has 1 unspecified atom stereocenters. The van der Waals surface area contributed by atoms with Crippen molar-refractivity contribution in [3.05, 3.63) is 35.4 Å². The number of likely N-dealkylation sites (N-methyl/N-ethyl adjacent to an activating group) is 2. The maximum Gasteiger partial charge on any atom is 0.248 e. The highest BCUT2D eigenvalue weighted by atomic mass is 16.2. The van der Waals surface area contributed by atoms with Crippen LogP contribution in [-0.2, 0) is 11.3 Å². The van der Waals surface area contributed by atoms with Gasteiger partial charge < -0.3 is 16.0 Å². The summed E-state index contributed by atoms with van der Waals surface area (Å²) in [6.07, 6.45) is 0. The third kappa shape index (κ3) is 3.56. The molecular formula is C13H19N3O2. The molecule has 0 aromatic heterocycles. The number of carbonyl (C=O) groups is 2. The van der Waals surface area contributed by atoms with Gasteiger partial charge in [0, 0.05) is 19.2 Å². The normalized spacial score (nSPS) is 11.9. The zero-order chi connectivity index (χ0) is 13.7. The number of hydrogen-bond donors (Lipinski definition) is 2. The lowest BCUT2D eigenvalue weighted by Crippen LogP contribution is -2.41. The molecule has 0 spiro atoms. The summed E-state index contributed by atoms with van der Waals surface area (Å²) in [5.74, 6) is -0.425. The Bertz CT molecular complexity index is 428. The first-order valence-corrected chi connectivity index (χ1v) is 5.76. The van der Waals surface area contributed by atoms with Crippen molar-refractivity contribution < 1.29 is 9.59 Å². The van der Waals surface area contributed by atoms with Crippen LogP contribution in [0.4, 0.5) is 0 Å². The second-order valence-corrected chi connectivity index (χ2v) is 4.27. The molecule has 0 aliphatic carbocycles. The van der Waals surface area contributed by atoms with E-state index >= 15 is 0 Å². The summed E-state index contributed by atoms with van der Waals surface area (Å²) >= 11 is 0. The maximum absolute atomic E-state index is 11.8. The molecule has 0 aliphatic rings. The van der Waals surface area contributed by atoms with Gasteiger partial charge in [0.2, 0.25) is 11.8 Å². The Morgan fingerprint density at radius 2 is 1.89 bits per heavy atom. The average Bonchev–Trinajstić information content (AvgIpc) is 2.37. The Morgan fingerprint density at radius 1 is 1.33 bits per heavy atom. The molecule has 0 radical (unpaired) electrons. The number of benzene rings is 1. The zero-order valence-electron chi connectivity index (χ0n) is 10.9. The molecule has 5 nitrogen and oxygen atoms in total. The second-order valence-electron chi connectivity index (χ2n) is 4.27. The van der Waals surface area contributed by atoms with Crippen molar-refractivity contribution in [2.75, 3.05) is 14.1 Å². The highest BCUT2D eigenvalue weighted by Gasteiger charge is 2.15. The quantitative estimate of drug-likeness (QED) is 0.790. The largest absolute Gasteiger partial charge is 0.366 e. The van der Waals surface area contributed by atoms with Crippen molar-refractivity contribution in [1.82, 2.24) is 10.2 Å². The molecule has 0 saturated heterocycles. The summed E-state index contributed by atoms with van der Waals surface area (Å²) < 4.78 is 0. The van der Waals surface area contributed by atoms with E-state index in [1.165, 1.54) is 0 Å². The van der Waals surface area contributed by atoms with Gasteiger partial charge in [-0.2, -0.15) is 0 Å². The molecule has 18 heavy (non-hydrogen) atoms. The molecule has 0 aliphatic heterocycles. The van der Waals surface area contributed by atoms with E-state index in [0.717, 1.165) is 5.56 Å². The van der Waals surface area contributed by atoms with Crippen LogP contribution >= 0.6 is 0 Å². The van der Waals surface area contributed by atoms with Gasteiger partial charge in [0.15, 0.2) is 0 Å². The number of nitrogens with two attached hydrogens (primary N) is 1. The van der Waals surface area contributed by atoms with E-state index in [-0.39, 0.29) is 11.9 Å². The van der Waals surface area contributed by atoms with Crippen LogP contribution in [0.1, 0.15) is 22.8 Å². The fourth-order valence-electron chi connectivity index (χ4n) is 1.58. The number of nitrogens with one attached hydrogen (secondary N) is 1. The van der Waals surface area contributed by atoms with Gasteiger partial charge in [0.25, 0.3) is 0 Å². The molecular weight excluding hydrogens is 230 g/mol. The summed E-state index contributed by atoms with van der Waals surface area (Å²) in [6.45, 7) is 2.32. The highest BCUT2D eigenvalue weighted by molar-refractivity contribution is 5.92. The number of nitrogens with zero attached hydrogens (tertiary/aromatic N) is 1. The van der Waals surface area contributed by atoms with Crippen LogP contribution in [0, 0.1) is 0 Å². The smallest absolute Gasteiger partial charge is 0.248 e. The van der Waals surface area contributed by atoms with Crippen LogP contribution in [0.2, 0.25) is 0 Å². The van der Waals surface area contributed by atoms with Crippen LogP contribution in [0.5, 0.6) is 0 Å². The summed E-state index contributed by atoms with van der Waals surface area (Å²) in [7, 11) is 3.50. The predicted molar refractivity (Wildman–Crippen MR) is 70.0 cm³/mol. The summed E-state index contributed by atoms with van der Waals surface area (Å²) in [5.41, 5.74) is 6.59. The van der Waals surface area contributed by atoms with Crippen molar-refractivity contribution in [3.63, 3.8) is 0 Å². The third-order valence-electron chi connectivity index (χ3n) is 2.84. The average molecular weight is 249 g/mol. The van der Waals surface area contributed by atoms with Gasteiger partial charge in [0.05, 0.1) is 6.04 Å². The van der Waals surface area contributed by atoms with Gasteiger partial charge >= 0.3 is 0 Å². The Hall–Kier alpha value is -1.88. The van der Waals surface area contributed by atoms with E-state index in [9.17, 15) is 9.59 Å². The van der Waals surface area contributed by atoms with E-state index in [2.05, 4.69) is 5.32 Å². The molecule has 98 valence electrons. The van der Waals surface area contributed by atoms with Gasteiger partial charge in [-0.05, 0) is 31.7 Å². The van der Waals surface area contributed by atoms with Crippen LogP contribution in [0.15, 0.2) is 24.3 Å². The molecule has 0 heterocycles. The summed E-state index contributed by atoms with van der Waals surface area (Å²) in [4.78, 5) is 24.4. The van der Waals surface area contributed by atoms with Crippen LogP contribution in [0.3, 0.4) is 0 Å². The van der Waals surface area contributed by atoms with Gasteiger partial charge in [-0.1, -0.05) is 12.1 Å². The maximum atomic E-state index is 11.8. The number of amides is 2. The first-order valence-electron chi connectivity index (χ1n) is 5.76. The lowest BCUT2D eigenvalue weighted by Gasteiger charge is -2.21. The first-order chi connectivity index (χ1) is 8.45. The Morgan fingerprint density at radius 3 is 2.33 bits per heavy atom.